The minimum absolute atomic E-state index is 0.326. The van der Waals surface area contributed by atoms with E-state index in [4.69, 9.17) is 9.47 Å². The van der Waals surface area contributed by atoms with Crippen molar-refractivity contribution in [1.29, 1.82) is 0 Å². The summed E-state index contributed by atoms with van der Waals surface area (Å²) in [7, 11) is 1.38. The summed E-state index contributed by atoms with van der Waals surface area (Å²) in [4.78, 5) is 2.30. The third-order valence-electron chi connectivity index (χ3n) is 3.56. The van der Waals surface area contributed by atoms with Crippen molar-refractivity contribution in [3.8, 4) is 0 Å². The highest BCUT2D eigenvalue weighted by Gasteiger charge is 2.21. The van der Waals surface area contributed by atoms with Crippen LogP contribution in [0.3, 0.4) is 0 Å². The fraction of sp³-hybridized carbons (Fsp3) is 1.00. The van der Waals surface area contributed by atoms with Gasteiger partial charge in [0.1, 0.15) is 0 Å². The van der Waals surface area contributed by atoms with Crippen molar-refractivity contribution in [2.75, 3.05) is 60.1 Å². The van der Waals surface area contributed by atoms with E-state index < -0.39 is 7.14 Å². The predicted molar refractivity (Wildman–Crippen MR) is 90.9 cm³/mol. The summed E-state index contributed by atoms with van der Waals surface area (Å²) in [5.74, 6) is 0. The van der Waals surface area contributed by atoms with Gasteiger partial charge in [-0.3, -0.25) is 4.90 Å². The van der Waals surface area contributed by atoms with Crippen molar-refractivity contribution in [2.24, 2.45) is 0 Å². The Morgan fingerprint density at radius 2 is 1.71 bits per heavy atom. The smallest absolute Gasteiger partial charge is 0.0951 e. The highest BCUT2D eigenvalue weighted by Crippen LogP contribution is 2.37. The fourth-order valence-electron chi connectivity index (χ4n) is 2.41. The van der Waals surface area contributed by atoms with Crippen LogP contribution in [0.4, 0.5) is 0 Å². The fourth-order valence-corrected chi connectivity index (χ4v) is 3.66. The second kappa shape index (κ2) is 11.6. The molecule has 128 valence electrons. The Morgan fingerprint density at radius 3 is 2.14 bits per heavy atom. The molecule has 0 aromatic rings. The van der Waals surface area contributed by atoms with E-state index in [1.54, 1.807) is 14.2 Å². The van der Waals surface area contributed by atoms with Crippen molar-refractivity contribution in [1.82, 2.24) is 10.2 Å². The molecule has 0 unspecified atom stereocenters. The maximum absolute atomic E-state index is 12.2. The first kappa shape index (κ1) is 21.1. The number of rotatable bonds is 13. The van der Waals surface area contributed by atoms with Crippen molar-refractivity contribution >= 4 is 7.14 Å². The maximum atomic E-state index is 12.2. The summed E-state index contributed by atoms with van der Waals surface area (Å²) in [5, 5.41) is 3.51. The molecule has 0 aliphatic carbocycles. The van der Waals surface area contributed by atoms with Crippen molar-refractivity contribution < 1.29 is 14.0 Å². The number of methoxy groups -OCH3 is 2. The SMILES string of the molecule is CC[C@@H](COC)NCCN(CP(C)(C)=O)[C@@H](CC)COC. The van der Waals surface area contributed by atoms with Crippen LogP contribution in [0.1, 0.15) is 26.7 Å². The summed E-state index contributed by atoms with van der Waals surface area (Å²) in [6, 6.07) is 0.710. The quantitative estimate of drug-likeness (QED) is 0.527. The lowest BCUT2D eigenvalue weighted by Gasteiger charge is -2.32. The van der Waals surface area contributed by atoms with Crippen LogP contribution in [-0.2, 0) is 14.0 Å². The Kier molecular flexibility index (Phi) is 11.7. The van der Waals surface area contributed by atoms with Gasteiger partial charge in [-0.05, 0) is 26.2 Å². The lowest BCUT2D eigenvalue weighted by molar-refractivity contribution is 0.0968. The molecule has 0 fully saturated rings. The standard InChI is InChI=1S/C15H35N2O3P/c1-7-14(11-19-3)16-9-10-17(13-21(5,6)18)15(8-2)12-20-4/h14-16H,7-13H2,1-6H3/t14-,15-/m0/s1. The average Bonchev–Trinajstić information content (AvgIpc) is 2.41. The molecule has 0 bridgehead atoms. The van der Waals surface area contributed by atoms with E-state index >= 15 is 0 Å². The first-order valence-corrected chi connectivity index (χ1v) is 10.7. The summed E-state index contributed by atoms with van der Waals surface area (Å²) in [5.41, 5.74) is 0. The van der Waals surface area contributed by atoms with Crippen LogP contribution in [0.5, 0.6) is 0 Å². The summed E-state index contributed by atoms with van der Waals surface area (Å²) in [6.07, 6.45) is 2.70. The number of nitrogens with zero attached hydrogens (tertiary/aromatic N) is 1. The second-order valence-electron chi connectivity index (χ2n) is 6.06. The molecular formula is C15H35N2O3P. The normalized spacial score (nSPS) is 15.4. The number of hydrogen-bond acceptors (Lipinski definition) is 5. The van der Waals surface area contributed by atoms with Gasteiger partial charge in [0.05, 0.1) is 26.6 Å². The zero-order valence-electron chi connectivity index (χ0n) is 14.7. The van der Waals surface area contributed by atoms with Gasteiger partial charge >= 0.3 is 0 Å². The molecule has 0 saturated carbocycles. The molecule has 0 spiro atoms. The van der Waals surface area contributed by atoms with E-state index in [9.17, 15) is 4.57 Å². The molecule has 0 aliphatic rings. The predicted octanol–water partition coefficient (Wildman–Crippen LogP) is 2.31. The maximum Gasteiger partial charge on any atom is 0.0951 e. The first-order valence-electron chi connectivity index (χ1n) is 7.87. The highest BCUT2D eigenvalue weighted by atomic mass is 31.2. The zero-order valence-corrected chi connectivity index (χ0v) is 15.6. The molecule has 5 nitrogen and oxygen atoms in total. The van der Waals surface area contributed by atoms with Gasteiger partial charge in [-0.15, -0.1) is 0 Å². The van der Waals surface area contributed by atoms with Gasteiger partial charge in [-0.25, -0.2) is 0 Å². The van der Waals surface area contributed by atoms with Gasteiger partial charge in [-0.2, -0.15) is 0 Å². The van der Waals surface area contributed by atoms with E-state index in [0.29, 0.717) is 25.0 Å². The Morgan fingerprint density at radius 1 is 1.10 bits per heavy atom. The summed E-state index contributed by atoms with van der Waals surface area (Å²) < 4.78 is 22.7. The molecule has 0 saturated heterocycles. The Labute approximate surface area is 131 Å². The van der Waals surface area contributed by atoms with Gasteiger partial charge in [0.15, 0.2) is 0 Å². The number of ether oxygens (including phenoxy) is 2. The molecule has 0 aliphatic heterocycles. The van der Waals surface area contributed by atoms with Crippen LogP contribution in [0.15, 0.2) is 0 Å². The van der Waals surface area contributed by atoms with E-state index in [1.165, 1.54) is 0 Å². The van der Waals surface area contributed by atoms with Gasteiger partial charge in [0.2, 0.25) is 0 Å². The Hall–Kier alpha value is 0.0700. The van der Waals surface area contributed by atoms with Crippen molar-refractivity contribution in [2.45, 2.75) is 38.8 Å². The Bertz CT molecular complexity index is 297. The van der Waals surface area contributed by atoms with E-state index in [1.807, 2.05) is 13.3 Å². The van der Waals surface area contributed by atoms with E-state index in [-0.39, 0.29) is 0 Å². The third-order valence-corrected chi connectivity index (χ3v) is 4.61. The molecule has 0 radical (unpaired) electrons. The molecule has 0 rings (SSSR count). The molecule has 6 heteroatoms. The molecule has 0 heterocycles. The molecule has 0 aromatic heterocycles. The van der Waals surface area contributed by atoms with Crippen LogP contribution < -0.4 is 5.32 Å². The van der Waals surface area contributed by atoms with Crippen LogP contribution in [0.25, 0.3) is 0 Å². The van der Waals surface area contributed by atoms with Crippen LogP contribution in [0.2, 0.25) is 0 Å². The first-order chi connectivity index (χ1) is 9.87. The Balaban J connectivity index is 4.48. The van der Waals surface area contributed by atoms with Gasteiger partial charge in [-0.1, -0.05) is 13.8 Å². The summed E-state index contributed by atoms with van der Waals surface area (Å²) >= 11 is 0. The third kappa shape index (κ3) is 10.4. The molecule has 2 atom stereocenters. The van der Waals surface area contributed by atoms with Gasteiger partial charge in [0, 0.05) is 39.4 Å². The lowest BCUT2D eigenvalue weighted by Crippen LogP contribution is -2.44. The van der Waals surface area contributed by atoms with Gasteiger partial charge < -0.3 is 19.4 Å². The molecule has 1 N–H and O–H groups in total. The molecule has 21 heavy (non-hydrogen) atoms. The second-order valence-corrected chi connectivity index (χ2v) is 9.49. The average molecular weight is 322 g/mol. The van der Waals surface area contributed by atoms with E-state index in [0.717, 1.165) is 32.5 Å². The highest BCUT2D eigenvalue weighted by molar-refractivity contribution is 7.62. The minimum atomic E-state index is -2.08. The monoisotopic (exact) mass is 322 g/mol. The lowest BCUT2D eigenvalue weighted by atomic mass is 10.2. The number of hydrogen-bond donors (Lipinski definition) is 1. The van der Waals surface area contributed by atoms with E-state index in [2.05, 4.69) is 24.1 Å². The molecule has 0 aromatic carbocycles. The number of nitrogens with one attached hydrogen (secondary N) is 1. The molecule has 0 amide bonds. The molecular weight excluding hydrogens is 287 g/mol. The largest absolute Gasteiger partial charge is 0.383 e. The van der Waals surface area contributed by atoms with Crippen LogP contribution in [0, 0.1) is 0 Å². The zero-order chi connectivity index (χ0) is 16.3. The summed E-state index contributed by atoms with van der Waals surface area (Å²) in [6.45, 7) is 11.2. The van der Waals surface area contributed by atoms with Crippen LogP contribution in [-0.4, -0.2) is 77.1 Å². The van der Waals surface area contributed by atoms with Crippen molar-refractivity contribution in [3.05, 3.63) is 0 Å². The van der Waals surface area contributed by atoms with Crippen molar-refractivity contribution in [3.63, 3.8) is 0 Å². The minimum Gasteiger partial charge on any atom is -0.383 e. The topological polar surface area (TPSA) is 50.8 Å². The van der Waals surface area contributed by atoms with Crippen LogP contribution >= 0.6 is 7.14 Å². The van der Waals surface area contributed by atoms with Gasteiger partial charge in [0.25, 0.3) is 0 Å².